The molecule has 0 unspecified atom stereocenters. The third kappa shape index (κ3) is 2.44. The molecule has 1 aliphatic heterocycles. The molecule has 26 heavy (non-hydrogen) atoms. The Hall–Kier alpha value is -2.60. The van der Waals surface area contributed by atoms with E-state index in [9.17, 15) is 4.79 Å². The van der Waals surface area contributed by atoms with Gasteiger partial charge in [-0.15, -0.1) is 0 Å². The molecular formula is C20H22N4O2. The number of rotatable bonds is 3. The molecule has 3 aromatic rings. The van der Waals surface area contributed by atoms with Gasteiger partial charge in [-0.25, -0.2) is 5.06 Å². The summed E-state index contributed by atoms with van der Waals surface area (Å²) in [5.41, 5.74) is 3.66. The maximum Gasteiger partial charge on any atom is 0.279 e. The fraction of sp³-hybridized carbons (Fsp3) is 0.400. The molecule has 3 aromatic heterocycles. The standard InChI is InChI=1S/C20H22N4O2/c25-20(23-12-5-13-26-23)16-14-19(22-11-4-3-8-17(16)22)18-9-10-21-24(18)15-6-1-2-7-15/h3-4,8-11,14-15H,1-2,5-7,12-13H2. The van der Waals surface area contributed by atoms with Gasteiger partial charge in [-0.2, -0.15) is 5.10 Å². The summed E-state index contributed by atoms with van der Waals surface area (Å²) in [6, 6.07) is 10.4. The number of hydroxylamine groups is 2. The van der Waals surface area contributed by atoms with Gasteiger partial charge in [0.1, 0.15) is 0 Å². The van der Waals surface area contributed by atoms with Gasteiger partial charge in [-0.1, -0.05) is 18.9 Å². The molecule has 0 atom stereocenters. The van der Waals surface area contributed by atoms with Crippen molar-refractivity contribution in [2.75, 3.05) is 13.2 Å². The molecule has 0 N–H and O–H groups in total. The van der Waals surface area contributed by atoms with Crippen LogP contribution in [0.3, 0.4) is 0 Å². The number of aromatic nitrogens is 3. The summed E-state index contributed by atoms with van der Waals surface area (Å²) in [6.45, 7) is 1.26. The van der Waals surface area contributed by atoms with Crippen LogP contribution in [0.15, 0.2) is 42.7 Å². The Kier molecular flexibility index (Phi) is 3.78. The van der Waals surface area contributed by atoms with Gasteiger partial charge in [0.25, 0.3) is 5.91 Å². The van der Waals surface area contributed by atoms with Crippen molar-refractivity contribution in [2.45, 2.75) is 38.1 Å². The lowest BCUT2D eigenvalue weighted by molar-refractivity contribution is -0.0767. The van der Waals surface area contributed by atoms with Crippen molar-refractivity contribution in [3.8, 4) is 11.4 Å². The second-order valence-corrected chi connectivity index (χ2v) is 7.09. The smallest absolute Gasteiger partial charge is 0.279 e. The molecule has 6 heteroatoms. The monoisotopic (exact) mass is 350 g/mol. The molecule has 1 amide bonds. The van der Waals surface area contributed by atoms with E-state index in [1.807, 2.05) is 42.7 Å². The Morgan fingerprint density at radius 3 is 2.81 bits per heavy atom. The molecule has 0 bridgehead atoms. The van der Waals surface area contributed by atoms with Gasteiger partial charge >= 0.3 is 0 Å². The maximum absolute atomic E-state index is 13.0. The van der Waals surface area contributed by atoms with E-state index >= 15 is 0 Å². The van der Waals surface area contributed by atoms with Gasteiger partial charge in [0.05, 0.1) is 41.7 Å². The maximum atomic E-state index is 13.0. The first-order valence-corrected chi connectivity index (χ1v) is 9.42. The van der Waals surface area contributed by atoms with Crippen LogP contribution in [0, 0.1) is 0 Å². The van der Waals surface area contributed by atoms with Crippen molar-refractivity contribution in [3.05, 3.63) is 48.3 Å². The fourth-order valence-corrected chi connectivity index (χ4v) is 4.22. The van der Waals surface area contributed by atoms with Gasteiger partial charge in [0.15, 0.2) is 0 Å². The Balaban J connectivity index is 1.63. The molecule has 0 radical (unpaired) electrons. The third-order valence-corrected chi connectivity index (χ3v) is 5.49. The number of carbonyl (C=O) groups excluding carboxylic acids is 1. The minimum Gasteiger partial charge on any atom is -0.314 e. The molecule has 6 nitrogen and oxygen atoms in total. The fourth-order valence-electron chi connectivity index (χ4n) is 4.22. The van der Waals surface area contributed by atoms with Crippen molar-refractivity contribution >= 4 is 11.4 Å². The van der Waals surface area contributed by atoms with E-state index in [1.165, 1.54) is 30.7 Å². The Bertz CT molecular complexity index is 946. The molecule has 1 saturated carbocycles. The summed E-state index contributed by atoms with van der Waals surface area (Å²) < 4.78 is 4.23. The van der Waals surface area contributed by atoms with E-state index in [4.69, 9.17) is 4.84 Å². The number of fused-ring (bicyclic) bond motifs is 1. The highest BCUT2D eigenvalue weighted by atomic mass is 16.7. The van der Waals surface area contributed by atoms with Crippen LogP contribution in [0.4, 0.5) is 0 Å². The van der Waals surface area contributed by atoms with Gasteiger partial charge in [-0.3, -0.25) is 14.3 Å². The lowest BCUT2D eigenvalue weighted by Crippen LogP contribution is -2.26. The third-order valence-electron chi connectivity index (χ3n) is 5.49. The molecule has 2 fully saturated rings. The number of nitrogens with zero attached hydrogens (tertiary/aromatic N) is 4. The van der Waals surface area contributed by atoms with Gasteiger partial charge in [0, 0.05) is 12.4 Å². The second-order valence-electron chi connectivity index (χ2n) is 7.09. The predicted molar refractivity (Wildman–Crippen MR) is 97.7 cm³/mol. The van der Waals surface area contributed by atoms with E-state index in [1.54, 1.807) is 0 Å². The largest absolute Gasteiger partial charge is 0.314 e. The first-order valence-electron chi connectivity index (χ1n) is 9.42. The summed E-state index contributed by atoms with van der Waals surface area (Å²) in [7, 11) is 0. The molecule has 0 aromatic carbocycles. The van der Waals surface area contributed by atoms with E-state index in [-0.39, 0.29) is 5.91 Å². The number of carbonyl (C=O) groups is 1. The molecule has 4 heterocycles. The number of hydrogen-bond acceptors (Lipinski definition) is 3. The summed E-state index contributed by atoms with van der Waals surface area (Å²) in [6.07, 6.45) is 9.62. The molecule has 0 spiro atoms. The quantitative estimate of drug-likeness (QED) is 0.724. The normalized spacial score (nSPS) is 18.2. The zero-order valence-electron chi connectivity index (χ0n) is 14.7. The summed E-state index contributed by atoms with van der Waals surface area (Å²) in [5, 5.41) is 6.08. The van der Waals surface area contributed by atoms with Crippen LogP contribution in [-0.2, 0) is 4.84 Å². The van der Waals surface area contributed by atoms with Crippen molar-refractivity contribution in [1.29, 1.82) is 0 Å². The SMILES string of the molecule is O=C(c1cc(-c2ccnn2C2CCCC2)n2ccccc12)N1CCCO1. The van der Waals surface area contributed by atoms with Crippen molar-refractivity contribution < 1.29 is 9.63 Å². The van der Waals surface area contributed by atoms with E-state index in [0.717, 1.165) is 23.3 Å². The Morgan fingerprint density at radius 1 is 1.12 bits per heavy atom. The minimum atomic E-state index is -0.0654. The zero-order chi connectivity index (χ0) is 17.5. The molecule has 1 saturated heterocycles. The van der Waals surface area contributed by atoms with Gasteiger partial charge < -0.3 is 4.40 Å². The topological polar surface area (TPSA) is 51.8 Å². The van der Waals surface area contributed by atoms with Crippen LogP contribution in [-0.4, -0.2) is 38.3 Å². The van der Waals surface area contributed by atoms with Crippen LogP contribution in [0.25, 0.3) is 16.9 Å². The lowest BCUT2D eigenvalue weighted by atomic mass is 10.2. The lowest BCUT2D eigenvalue weighted by Gasteiger charge is -2.14. The molecule has 1 aliphatic carbocycles. The second kappa shape index (κ2) is 6.29. The number of amides is 1. The van der Waals surface area contributed by atoms with Crippen LogP contribution < -0.4 is 0 Å². The van der Waals surface area contributed by atoms with E-state index < -0.39 is 0 Å². The number of pyridine rings is 1. The highest BCUT2D eigenvalue weighted by Crippen LogP contribution is 2.34. The average Bonchev–Trinajstić information content (AvgIpc) is 3.47. The minimum absolute atomic E-state index is 0.0654. The van der Waals surface area contributed by atoms with Crippen LogP contribution in [0.1, 0.15) is 48.5 Å². The first kappa shape index (κ1) is 15.6. The van der Waals surface area contributed by atoms with Crippen molar-refractivity contribution in [1.82, 2.24) is 19.2 Å². The van der Waals surface area contributed by atoms with E-state index in [2.05, 4.69) is 14.2 Å². The van der Waals surface area contributed by atoms with Gasteiger partial charge in [0.2, 0.25) is 0 Å². The Morgan fingerprint density at radius 2 is 2.00 bits per heavy atom. The highest BCUT2D eigenvalue weighted by Gasteiger charge is 2.27. The Labute approximate surface area is 151 Å². The zero-order valence-corrected chi connectivity index (χ0v) is 14.7. The molecule has 2 aliphatic rings. The predicted octanol–water partition coefficient (Wildman–Crippen LogP) is 3.70. The number of hydrogen-bond donors (Lipinski definition) is 0. The van der Waals surface area contributed by atoms with E-state index in [0.29, 0.717) is 24.8 Å². The van der Waals surface area contributed by atoms with Crippen LogP contribution >= 0.6 is 0 Å². The summed E-state index contributed by atoms with van der Waals surface area (Å²) in [4.78, 5) is 18.4. The first-order chi connectivity index (χ1) is 12.8. The highest BCUT2D eigenvalue weighted by molar-refractivity contribution is 6.02. The summed E-state index contributed by atoms with van der Waals surface area (Å²) >= 11 is 0. The molecule has 134 valence electrons. The van der Waals surface area contributed by atoms with Crippen LogP contribution in [0.5, 0.6) is 0 Å². The van der Waals surface area contributed by atoms with Crippen LogP contribution in [0.2, 0.25) is 0 Å². The van der Waals surface area contributed by atoms with Gasteiger partial charge in [-0.05, 0) is 43.5 Å². The van der Waals surface area contributed by atoms with Crippen molar-refractivity contribution in [2.24, 2.45) is 0 Å². The average molecular weight is 350 g/mol. The molecular weight excluding hydrogens is 328 g/mol. The van der Waals surface area contributed by atoms with Crippen molar-refractivity contribution in [3.63, 3.8) is 0 Å². The molecule has 5 rings (SSSR count). The summed E-state index contributed by atoms with van der Waals surface area (Å²) in [5.74, 6) is -0.0654.